The summed E-state index contributed by atoms with van der Waals surface area (Å²) in [5, 5.41) is 7.97. The zero-order chi connectivity index (χ0) is 20.3. The van der Waals surface area contributed by atoms with Gasteiger partial charge in [0.2, 0.25) is 5.95 Å². The van der Waals surface area contributed by atoms with Gasteiger partial charge in [-0.1, -0.05) is 24.3 Å². The maximum atomic E-state index is 4.57. The fourth-order valence-corrected chi connectivity index (χ4v) is 3.68. The molecule has 0 bridgehead atoms. The van der Waals surface area contributed by atoms with Crippen molar-refractivity contribution >= 4 is 33.7 Å². The molecule has 3 aromatic heterocycles. The van der Waals surface area contributed by atoms with Crippen molar-refractivity contribution in [3.05, 3.63) is 77.9 Å². The summed E-state index contributed by atoms with van der Waals surface area (Å²) in [6.07, 6.45) is 4.77. The van der Waals surface area contributed by atoms with Crippen molar-refractivity contribution in [2.45, 2.75) is 19.9 Å². The average molecular weight is 397 g/mol. The highest BCUT2D eigenvalue weighted by Crippen LogP contribution is 2.18. The fraction of sp³-hybridized carbons (Fsp3) is 0.174. The molecule has 2 aromatic carbocycles. The molecule has 0 fully saturated rings. The minimum atomic E-state index is 0.605. The number of aryl methyl sites for hydroxylation is 1. The average Bonchev–Trinajstić information content (AvgIpc) is 3.35. The highest BCUT2D eigenvalue weighted by molar-refractivity contribution is 5.83. The first-order valence-electron chi connectivity index (χ1n) is 10.1. The molecule has 7 nitrogen and oxygen atoms in total. The summed E-state index contributed by atoms with van der Waals surface area (Å²) in [5.41, 5.74) is 5.64. The number of anilines is 2. The van der Waals surface area contributed by atoms with Crippen molar-refractivity contribution in [1.29, 1.82) is 0 Å². The van der Waals surface area contributed by atoms with Gasteiger partial charge in [0.25, 0.3) is 0 Å². The van der Waals surface area contributed by atoms with Crippen LogP contribution in [0.15, 0.2) is 60.9 Å². The lowest BCUT2D eigenvalue weighted by Gasteiger charge is -2.08. The Morgan fingerprint density at radius 1 is 0.967 bits per heavy atom. The van der Waals surface area contributed by atoms with Gasteiger partial charge in [-0.2, -0.15) is 4.98 Å². The Bertz CT molecular complexity index is 1300. The molecule has 0 spiro atoms. The van der Waals surface area contributed by atoms with Gasteiger partial charge in [0.1, 0.15) is 11.6 Å². The lowest BCUT2D eigenvalue weighted by molar-refractivity contribution is 0.997. The molecule has 0 aliphatic carbocycles. The maximum absolute atomic E-state index is 4.57. The first-order chi connectivity index (χ1) is 14.7. The Morgan fingerprint density at radius 2 is 1.90 bits per heavy atom. The molecule has 0 aliphatic heterocycles. The number of rotatable bonds is 7. The quantitative estimate of drug-likeness (QED) is 0.326. The summed E-state index contributed by atoms with van der Waals surface area (Å²) in [4.78, 5) is 19.9. The molecule has 0 saturated carbocycles. The molecule has 0 aliphatic rings. The van der Waals surface area contributed by atoms with Gasteiger partial charge in [-0.25, -0.2) is 9.97 Å². The summed E-state index contributed by atoms with van der Waals surface area (Å²) in [5.74, 6) is 2.34. The second-order valence-electron chi connectivity index (χ2n) is 7.33. The first kappa shape index (κ1) is 18.2. The summed E-state index contributed by atoms with van der Waals surface area (Å²) in [6.45, 7) is 3.41. The third-order valence-electron chi connectivity index (χ3n) is 5.15. The van der Waals surface area contributed by atoms with Crippen LogP contribution in [0.5, 0.6) is 0 Å². The van der Waals surface area contributed by atoms with Crippen molar-refractivity contribution in [1.82, 2.24) is 24.9 Å². The number of imidazole rings is 1. The van der Waals surface area contributed by atoms with Gasteiger partial charge >= 0.3 is 0 Å². The number of para-hydroxylation sites is 1. The Labute approximate surface area is 174 Å². The lowest BCUT2D eigenvalue weighted by Crippen LogP contribution is -2.09. The Hall–Kier alpha value is -3.87. The molecule has 0 saturated heterocycles. The van der Waals surface area contributed by atoms with E-state index in [0.717, 1.165) is 41.2 Å². The van der Waals surface area contributed by atoms with E-state index in [4.69, 9.17) is 0 Å². The Balaban J connectivity index is 1.19. The molecule has 5 rings (SSSR count). The molecular weight excluding hydrogens is 374 g/mol. The van der Waals surface area contributed by atoms with Crippen LogP contribution in [0.4, 0.5) is 11.8 Å². The largest absolute Gasteiger partial charge is 0.370 e. The molecule has 5 aromatic rings. The van der Waals surface area contributed by atoms with E-state index < -0.39 is 0 Å². The molecule has 150 valence electrons. The summed E-state index contributed by atoms with van der Waals surface area (Å²) in [6, 6.07) is 16.4. The number of aromatic nitrogens is 5. The highest BCUT2D eigenvalue weighted by atomic mass is 15.1. The Kier molecular flexibility index (Phi) is 4.77. The van der Waals surface area contributed by atoms with E-state index in [1.165, 1.54) is 16.5 Å². The number of fused-ring (bicyclic) bond motifs is 2. The number of nitrogens with zero attached hydrogens (tertiary/aromatic N) is 3. The number of nitrogens with one attached hydrogen (secondary N) is 4. The van der Waals surface area contributed by atoms with Crippen molar-refractivity contribution in [2.24, 2.45) is 0 Å². The van der Waals surface area contributed by atoms with Crippen LogP contribution in [-0.2, 0) is 13.0 Å². The van der Waals surface area contributed by atoms with E-state index in [-0.39, 0.29) is 0 Å². The van der Waals surface area contributed by atoms with Crippen LogP contribution in [0.2, 0.25) is 0 Å². The summed E-state index contributed by atoms with van der Waals surface area (Å²) < 4.78 is 0. The van der Waals surface area contributed by atoms with Crippen molar-refractivity contribution < 1.29 is 0 Å². The highest BCUT2D eigenvalue weighted by Gasteiger charge is 2.05. The van der Waals surface area contributed by atoms with Crippen LogP contribution >= 0.6 is 0 Å². The fourth-order valence-electron chi connectivity index (χ4n) is 3.68. The van der Waals surface area contributed by atoms with Gasteiger partial charge in [-0.3, -0.25) is 0 Å². The topological polar surface area (TPSA) is 94.3 Å². The number of hydrogen-bond acceptors (Lipinski definition) is 5. The van der Waals surface area contributed by atoms with Crippen LogP contribution < -0.4 is 10.6 Å². The van der Waals surface area contributed by atoms with Crippen LogP contribution in [0.1, 0.15) is 17.0 Å². The smallest absolute Gasteiger partial charge is 0.224 e. The molecule has 30 heavy (non-hydrogen) atoms. The van der Waals surface area contributed by atoms with Gasteiger partial charge in [-0.05, 0) is 48.7 Å². The number of hydrogen-bond donors (Lipinski definition) is 4. The zero-order valence-corrected chi connectivity index (χ0v) is 16.7. The number of benzene rings is 2. The standard InChI is InChI=1S/C23H23N7/c1-15-28-20-7-6-16(12-21(20)29-15)13-27-23-25-11-9-22(30-23)24-10-8-17-14-26-19-5-3-2-4-18(17)19/h2-7,9,11-12,14,26H,8,10,13H2,1H3,(H,28,29)(H2,24,25,27,30). The van der Waals surface area contributed by atoms with Gasteiger partial charge in [-0.15, -0.1) is 0 Å². The monoisotopic (exact) mass is 397 g/mol. The SMILES string of the molecule is Cc1nc2ccc(CNc3nccc(NCCc4c[nH]c5ccccc45)n3)cc2[nH]1. The molecule has 4 N–H and O–H groups in total. The molecule has 0 amide bonds. The molecule has 3 heterocycles. The molecule has 0 unspecified atom stereocenters. The molecule has 7 heteroatoms. The molecular formula is C23H23N7. The molecule has 0 radical (unpaired) electrons. The van der Waals surface area contributed by atoms with Crippen LogP contribution in [0, 0.1) is 6.92 Å². The van der Waals surface area contributed by atoms with Crippen molar-refractivity contribution in [2.75, 3.05) is 17.2 Å². The van der Waals surface area contributed by atoms with E-state index in [2.05, 4.69) is 72.1 Å². The van der Waals surface area contributed by atoms with Crippen LogP contribution in [0.3, 0.4) is 0 Å². The van der Waals surface area contributed by atoms with E-state index in [0.29, 0.717) is 12.5 Å². The molecule has 0 atom stereocenters. The summed E-state index contributed by atoms with van der Waals surface area (Å²) >= 11 is 0. The van der Waals surface area contributed by atoms with Crippen molar-refractivity contribution in [3.8, 4) is 0 Å². The number of H-pyrrole nitrogens is 2. The van der Waals surface area contributed by atoms with Gasteiger partial charge in [0.05, 0.1) is 11.0 Å². The van der Waals surface area contributed by atoms with Gasteiger partial charge in [0.15, 0.2) is 0 Å². The second kappa shape index (κ2) is 7.87. The van der Waals surface area contributed by atoms with Crippen LogP contribution in [0.25, 0.3) is 21.9 Å². The minimum Gasteiger partial charge on any atom is -0.370 e. The van der Waals surface area contributed by atoms with E-state index in [1.807, 2.05) is 25.1 Å². The second-order valence-corrected chi connectivity index (χ2v) is 7.33. The van der Waals surface area contributed by atoms with Crippen molar-refractivity contribution in [3.63, 3.8) is 0 Å². The van der Waals surface area contributed by atoms with Gasteiger partial charge < -0.3 is 20.6 Å². The predicted octanol–water partition coefficient (Wildman–Crippen LogP) is 4.41. The Morgan fingerprint density at radius 3 is 2.87 bits per heavy atom. The van der Waals surface area contributed by atoms with Gasteiger partial charge in [0, 0.05) is 36.4 Å². The van der Waals surface area contributed by atoms with E-state index in [9.17, 15) is 0 Å². The van der Waals surface area contributed by atoms with Crippen LogP contribution in [-0.4, -0.2) is 31.5 Å². The summed E-state index contributed by atoms with van der Waals surface area (Å²) in [7, 11) is 0. The lowest BCUT2D eigenvalue weighted by atomic mass is 10.1. The van der Waals surface area contributed by atoms with E-state index >= 15 is 0 Å². The third-order valence-corrected chi connectivity index (χ3v) is 5.15. The normalized spacial score (nSPS) is 11.2. The predicted molar refractivity (Wildman–Crippen MR) is 121 cm³/mol. The number of aromatic amines is 2. The maximum Gasteiger partial charge on any atom is 0.224 e. The van der Waals surface area contributed by atoms with E-state index in [1.54, 1.807) is 6.20 Å². The minimum absolute atomic E-state index is 0.605. The zero-order valence-electron chi connectivity index (χ0n) is 16.7. The third kappa shape index (κ3) is 3.82. The first-order valence-corrected chi connectivity index (χ1v) is 10.1.